The molecule has 1 fully saturated rings. The van der Waals surface area contributed by atoms with Crippen molar-refractivity contribution in [3.8, 4) is 0 Å². The van der Waals surface area contributed by atoms with Gasteiger partial charge in [-0.05, 0) is 30.4 Å². The molecule has 4 heterocycles. The number of hydrogen-bond donors (Lipinski definition) is 1. The van der Waals surface area contributed by atoms with Crippen molar-refractivity contribution < 1.29 is 4.79 Å². The summed E-state index contributed by atoms with van der Waals surface area (Å²) in [6.45, 7) is 1.57. The van der Waals surface area contributed by atoms with Crippen LogP contribution < -0.4 is 0 Å². The molecule has 1 amide bonds. The Morgan fingerprint density at radius 3 is 3.18 bits per heavy atom. The second-order valence-electron chi connectivity index (χ2n) is 5.87. The number of fused-ring (bicyclic) bond motifs is 1. The highest BCUT2D eigenvalue weighted by molar-refractivity contribution is 7.17. The molecular weight excluding hydrogens is 296 g/mol. The zero-order chi connectivity index (χ0) is 15.1. The van der Waals surface area contributed by atoms with Crippen molar-refractivity contribution in [3.63, 3.8) is 0 Å². The van der Waals surface area contributed by atoms with Gasteiger partial charge in [-0.15, -0.1) is 11.3 Å². The number of thiophene rings is 1. The molecule has 0 aliphatic carbocycles. The van der Waals surface area contributed by atoms with E-state index in [0.29, 0.717) is 11.6 Å². The summed E-state index contributed by atoms with van der Waals surface area (Å²) in [6, 6.07) is 3.98. The molecule has 1 N–H and O–H groups in total. The van der Waals surface area contributed by atoms with E-state index >= 15 is 0 Å². The van der Waals surface area contributed by atoms with E-state index in [4.69, 9.17) is 0 Å². The highest BCUT2D eigenvalue weighted by Gasteiger charge is 2.28. The quantitative estimate of drug-likeness (QED) is 0.790. The molecule has 4 rings (SSSR count). The van der Waals surface area contributed by atoms with Crippen molar-refractivity contribution in [2.75, 3.05) is 13.1 Å². The van der Waals surface area contributed by atoms with E-state index in [1.165, 1.54) is 0 Å². The Bertz CT molecular complexity index is 786. The standard InChI is InChI=1S/C16H18N4OS/c1-19-7-5-17-15(19)11-3-2-6-20(10-11)16(21)13-9-14-12(18-13)4-8-22-14/h4-5,7-9,11,18H,2-3,6,10H2,1H3/t11-/m0/s1. The lowest BCUT2D eigenvalue weighted by atomic mass is 9.97. The maximum atomic E-state index is 12.7. The number of likely N-dealkylation sites (tertiary alicyclic amines) is 1. The molecular formula is C16H18N4OS. The Balaban J connectivity index is 1.55. The summed E-state index contributed by atoms with van der Waals surface area (Å²) in [5, 5.41) is 2.04. The van der Waals surface area contributed by atoms with Gasteiger partial charge in [-0.3, -0.25) is 4.79 Å². The molecule has 22 heavy (non-hydrogen) atoms. The minimum atomic E-state index is 0.0994. The van der Waals surface area contributed by atoms with E-state index in [0.717, 1.165) is 42.0 Å². The fourth-order valence-corrected chi connectivity index (χ4v) is 4.06. The Morgan fingerprint density at radius 1 is 1.50 bits per heavy atom. The number of hydrogen-bond acceptors (Lipinski definition) is 3. The third-order valence-corrected chi connectivity index (χ3v) is 5.27. The molecule has 0 unspecified atom stereocenters. The molecule has 114 valence electrons. The molecule has 0 saturated carbocycles. The Labute approximate surface area is 132 Å². The van der Waals surface area contributed by atoms with Gasteiger partial charge < -0.3 is 14.5 Å². The number of rotatable bonds is 2. The molecule has 6 heteroatoms. The van der Waals surface area contributed by atoms with Crippen molar-refractivity contribution in [2.45, 2.75) is 18.8 Å². The van der Waals surface area contributed by atoms with Gasteiger partial charge in [0, 0.05) is 38.4 Å². The fraction of sp³-hybridized carbons (Fsp3) is 0.375. The lowest BCUT2D eigenvalue weighted by Gasteiger charge is -2.32. The Kier molecular flexibility index (Phi) is 3.26. The molecule has 0 aromatic carbocycles. The molecule has 3 aromatic rings. The van der Waals surface area contributed by atoms with Gasteiger partial charge in [0.1, 0.15) is 11.5 Å². The molecule has 0 bridgehead atoms. The van der Waals surface area contributed by atoms with Gasteiger partial charge in [-0.25, -0.2) is 4.98 Å². The fourth-order valence-electron chi connectivity index (χ4n) is 3.28. The van der Waals surface area contributed by atoms with Crippen LogP contribution in [0.25, 0.3) is 10.2 Å². The van der Waals surface area contributed by atoms with Crippen LogP contribution in [0, 0.1) is 0 Å². The van der Waals surface area contributed by atoms with Gasteiger partial charge in [0.05, 0.1) is 10.2 Å². The van der Waals surface area contributed by atoms with E-state index in [1.54, 1.807) is 11.3 Å². The van der Waals surface area contributed by atoms with Gasteiger partial charge in [0.15, 0.2) is 0 Å². The number of aromatic amines is 1. The molecule has 3 aromatic heterocycles. The third kappa shape index (κ3) is 2.23. The predicted octanol–water partition coefficient (Wildman–Crippen LogP) is 2.98. The summed E-state index contributed by atoms with van der Waals surface area (Å²) in [5.74, 6) is 1.50. The van der Waals surface area contributed by atoms with Crippen LogP contribution in [0.1, 0.15) is 35.1 Å². The average Bonchev–Trinajstić information content (AvgIpc) is 3.21. The number of aryl methyl sites for hydroxylation is 1. The van der Waals surface area contributed by atoms with Crippen LogP contribution in [-0.2, 0) is 7.05 Å². The van der Waals surface area contributed by atoms with Crippen LogP contribution in [0.15, 0.2) is 29.9 Å². The first-order valence-corrected chi connectivity index (χ1v) is 8.43. The van der Waals surface area contributed by atoms with Gasteiger partial charge in [0.25, 0.3) is 5.91 Å². The number of piperidine rings is 1. The normalized spacial score (nSPS) is 19.0. The topological polar surface area (TPSA) is 53.9 Å². The van der Waals surface area contributed by atoms with Crippen LogP contribution in [0.3, 0.4) is 0 Å². The molecule has 0 spiro atoms. The van der Waals surface area contributed by atoms with Crippen molar-refractivity contribution in [1.29, 1.82) is 0 Å². The second-order valence-corrected chi connectivity index (χ2v) is 6.82. The first kappa shape index (κ1) is 13.6. The first-order chi connectivity index (χ1) is 10.7. The average molecular weight is 314 g/mol. The highest BCUT2D eigenvalue weighted by Crippen LogP contribution is 2.27. The third-order valence-electron chi connectivity index (χ3n) is 4.40. The molecule has 0 radical (unpaired) electrons. The number of H-pyrrole nitrogens is 1. The molecule has 1 aliphatic rings. The van der Waals surface area contributed by atoms with Crippen molar-refractivity contribution in [1.82, 2.24) is 19.4 Å². The van der Waals surface area contributed by atoms with Crippen LogP contribution in [0.4, 0.5) is 0 Å². The van der Waals surface area contributed by atoms with Crippen LogP contribution >= 0.6 is 11.3 Å². The van der Waals surface area contributed by atoms with Crippen molar-refractivity contribution in [2.24, 2.45) is 7.05 Å². The summed E-state index contributed by atoms with van der Waals surface area (Å²) in [4.78, 5) is 22.4. The first-order valence-electron chi connectivity index (χ1n) is 7.55. The maximum absolute atomic E-state index is 12.7. The van der Waals surface area contributed by atoms with E-state index in [1.807, 2.05) is 41.9 Å². The number of aromatic nitrogens is 3. The molecule has 1 atom stereocenters. The van der Waals surface area contributed by atoms with E-state index in [-0.39, 0.29) is 5.91 Å². The van der Waals surface area contributed by atoms with E-state index in [9.17, 15) is 4.79 Å². The smallest absolute Gasteiger partial charge is 0.270 e. The largest absolute Gasteiger partial charge is 0.350 e. The molecule has 1 saturated heterocycles. The second kappa shape index (κ2) is 5.28. The number of carbonyl (C=O) groups excluding carboxylic acids is 1. The Hall–Kier alpha value is -2.08. The summed E-state index contributed by atoms with van der Waals surface area (Å²) in [5.41, 5.74) is 1.74. The zero-order valence-electron chi connectivity index (χ0n) is 12.5. The molecule has 5 nitrogen and oxygen atoms in total. The van der Waals surface area contributed by atoms with Crippen molar-refractivity contribution >= 4 is 27.5 Å². The SMILES string of the molecule is Cn1ccnc1[C@H]1CCCN(C(=O)c2cc3sccc3[nH]2)C1. The summed E-state index contributed by atoms with van der Waals surface area (Å²) in [6.07, 6.45) is 5.91. The number of amides is 1. The highest BCUT2D eigenvalue weighted by atomic mass is 32.1. The number of nitrogens with one attached hydrogen (secondary N) is 1. The zero-order valence-corrected chi connectivity index (χ0v) is 13.3. The number of carbonyl (C=O) groups is 1. The lowest BCUT2D eigenvalue weighted by molar-refractivity contribution is 0.0698. The van der Waals surface area contributed by atoms with Crippen molar-refractivity contribution in [3.05, 3.63) is 41.4 Å². The minimum absolute atomic E-state index is 0.0994. The van der Waals surface area contributed by atoms with Gasteiger partial charge in [0.2, 0.25) is 0 Å². The monoisotopic (exact) mass is 314 g/mol. The minimum Gasteiger partial charge on any atom is -0.350 e. The summed E-state index contributed by atoms with van der Waals surface area (Å²) >= 11 is 1.66. The summed E-state index contributed by atoms with van der Waals surface area (Å²) in [7, 11) is 2.02. The van der Waals surface area contributed by atoms with Gasteiger partial charge in [-0.2, -0.15) is 0 Å². The van der Waals surface area contributed by atoms with Gasteiger partial charge >= 0.3 is 0 Å². The predicted molar refractivity (Wildman–Crippen MR) is 87.3 cm³/mol. The van der Waals surface area contributed by atoms with Gasteiger partial charge in [-0.1, -0.05) is 0 Å². The summed E-state index contributed by atoms with van der Waals surface area (Å²) < 4.78 is 3.20. The van der Waals surface area contributed by atoms with E-state index in [2.05, 4.69) is 14.5 Å². The Morgan fingerprint density at radius 2 is 2.41 bits per heavy atom. The van der Waals surface area contributed by atoms with Crippen LogP contribution in [0.5, 0.6) is 0 Å². The molecule has 1 aliphatic heterocycles. The maximum Gasteiger partial charge on any atom is 0.270 e. The number of imidazole rings is 1. The van der Waals surface area contributed by atoms with Crippen LogP contribution in [0.2, 0.25) is 0 Å². The lowest BCUT2D eigenvalue weighted by Crippen LogP contribution is -2.39. The number of nitrogens with zero attached hydrogens (tertiary/aromatic N) is 3. The van der Waals surface area contributed by atoms with E-state index < -0.39 is 0 Å². The van der Waals surface area contributed by atoms with Crippen LogP contribution in [-0.4, -0.2) is 38.4 Å².